The molecular formula is C48H61N3O11S. The highest BCUT2D eigenvalue weighted by molar-refractivity contribution is 7.89. The first-order chi connectivity index (χ1) is 30.1. The normalized spacial score (nSPS) is 23.5. The number of hydrogen-bond acceptors (Lipinski definition) is 12. The highest BCUT2D eigenvalue weighted by Crippen LogP contribution is 2.62. The average molecular weight is 888 g/mol. The molecular weight excluding hydrogens is 827 g/mol. The van der Waals surface area contributed by atoms with Crippen LogP contribution >= 0.6 is 0 Å². The number of amides is 1. The van der Waals surface area contributed by atoms with Crippen molar-refractivity contribution in [1.82, 2.24) is 4.31 Å². The molecule has 3 aromatic rings. The fraction of sp³-hybridized carbons (Fsp3) is 0.479. The van der Waals surface area contributed by atoms with E-state index in [0.717, 1.165) is 30.4 Å². The van der Waals surface area contributed by atoms with E-state index in [9.17, 15) is 28.2 Å². The average Bonchev–Trinajstić information content (AvgIpc) is 3.25. The maximum absolute atomic E-state index is 14.8. The number of likely N-dealkylation sites (N-methyl/N-ethyl adjacent to an activating group) is 1. The largest absolute Gasteiger partial charge is 0.496 e. The van der Waals surface area contributed by atoms with Crippen molar-refractivity contribution in [3.63, 3.8) is 0 Å². The number of unbranched alkanes of at least 4 members (excludes halogenated alkanes) is 2. The van der Waals surface area contributed by atoms with Crippen LogP contribution < -0.4 is 19.5 Å². The van der Waals surface area contributed by atoms with Crippen LogP contribution in [0.1, 0.15) is 94.5 Å². The number of carbonyl (C=O) groups is 2. The Morgan fingerprint density at radius 1 is 1.02 bits per heavy atom. The van der Waals surface area contributed by atoms with Gasteiger partial charge in [0, 0.05) is 50.8 Å². The molecule has 6 atom stereocenters. The third-order valence-corrected chi connectivity index (χ3v) is 13.8. The van der Waals surface area contributed by atoms with E-state index in [1.165, 1.54) is 37.5 Å². The number of methoxy groups -OCH3 is 1. The molecule has 1 amide bonds. The first-order valence-electron chi connectivity index (χ1n) is 21.5. The Bertz CT molecular complexity index is 2290. The van der Waals surface area contributed by atoms with Gasteiger partial charge in [0.05, 0.1) is 41.8 Å². The molecule has 6 rings (SSSR count). The van der Waals surface area contributed by atoms with Crippen molar-refractivity contribution >= 4 is 33.6 Å². The lowest BCUT2D eigenvalue weighted by atomic mass is 9.55. The third kappa shape index (κ3) is 10.3. The number of fused-ring (bicyclic) bond motifs is 2. The van der Waals surface area contributed by atoms with Crippen LogP contribution in [-0.2, 0) is 24.4 Å². The van der Waals surface area contributed by atoms with E-state index >= 15 is 0 Å². The van der Waals surface area contributed by atoms with Crippen LogP contribution in [-0.4, -0.2) is 92.2 Å². The van der Waals surface area contributed by atoms with Crippen molar-refractivity contribution in [2.24, 2.45) is 22.9 Å². The molecule has 15 heteroatoms. The molecule has 14 nitrogen and oxygen atoms in total. The fourth-order valence-electron chi connectivity index (χ4n) is 9.21. The zero-order valence-electron chi connectivity index (χ0n) is 37.0. The number of benzene rings is 3. The lowest BCUT2D eigenvalue weighted by Crippen LogP contribution is -2.69. The number of allylic oxidation sites excluding steroid dienone is 1. The van der Waals surface area contributed by atoms with E-state index in [1.54, 1.807) is 42.5 Å². The molecule has 1 heterocycles. The van der Waals surface area contributed by atoms with Gasteiger partial charge in [0.25, 0.3) is 0 Å². The van der Waals surface area contributed by atoms with Gasteiger partial charge in [-0.3, -0.25) is 9.59 Å². The summed E-state index contributed by atoms with van der Waals surface area (Å²) in [6, 6.07) is 15.5. The Kier molecular flexibility index (Phi) is 15.2. The second kappa shape index (κ2) is 20.2. The summed E-state index contributed by atoms with van der Waals surface area (Å²) in [5, 5.41) is 27.3. The third-order valence-electron chi connectivity index (χ3n) is 11.9. The number of nitrogens with one attached hydrogen (secondary N) is 1. The molecule has 3 aliphatic rings. The van der Waals surface area contributed by atoms with Gasteiger partial charge in [0.2, 0.25) is 21.7 Å². The molecule has 3 N–H and O–H groups in total. The SMILES string of the molecule is C=CCOC12Oc3ccc(Oc4ccc(OC)c(C=O)c4)cc3C3C(CCCCO)C(CCCCO)C=C(C(=NOC(C)(C)C)CC1N(C)S(=O)(=O)c1ccc(NC(C)=O)cc1)C32. The molecule has 0 aromatic heterocycles. The lowest BCUT2D eigenvalue weighted by Gasteiger charge is -2.59. The number of aliphatic hydroxyl groups is 2. The number of ether oxygens (including phenoxy) is 4. The summed E-state index contributed by atoms with van der Waals surface area (Å²) in [5.74, 6) is -1.19. The Hall–Kier alpha value is -5.06. The minimum atomic E-state index is -4.26. The second-order valence-corrected chi connectivity index (χ2v) is 19.3. The molecule has 63 heavy (non-hydrogen) atoms. The van der Waals surface area contributed by atoms with Crippen molar-refractivity contribution in [1.29, 1.82) is 0 Å². The standard InChI is InChI=1S/C48H61N3O11S/c1-8-25-59-48-44(51(6)63(56,57)37-19-15-34(16-20-37)49-31(2)55)29-41(50-62-47(3,4)5)39-27-32(13-9-11-23-52)38(14-10-12-24-53)45(46(39)48)40-28-36(18-22-43(40)61-48)60-35-17-21-42(58-7)33(26-35)30-54/h8,15-22,26-28,30,32,38,44-46,52-53H,1,9-14,23-25,29H2,2-7H3,(H,49,55). The number of nitrogens with zero attached hydrogens (tertiary/aromatic N) is 2. The van der Waals surface area contributed by atoms with E-state index in [2.05, 4.69) is 18.0 Å². The first-order valence-corrected chi connectivity index (χ1v) is 23.0. The molecule has 1 fully saturated rings. The van der Waals surface area contributed by atoms with Gasteiger partial charge in [-0.05, 0) is 125 Å². The van der Waals surface area contributed by atoms with Crippen LogP contribution in [0.5, 0.6) is 23.0 Å². The van der Waals surface area contributed by atoms with Crippen LogP contribution in [0.2, 0.25) is 0 Å². The lowest BCUT2D eigenvalue weighted by molar-refractivity contribution is -0.250. The van der Waals surface area contributed by atoms with Gasteiger partial charge >= 0.3 is 0 Å². The van der Waals surface area contributed by atoms with Gasteiger partial charge in [0.1, 0.15) is 28.6 Å². The van der Waals surface area contributed by atoms with E-state index in [1.807, 2.05) is 32.9 Å². The summed E-state index contributed by atoms with van der Waals surface area (Å²) in [6.45, 7) is 11.1. The fourth-order valence-corrected chi connectivity index (χ4v) is 10.6. The number of rotatable bonds is 20. The van der Waals surface area contributed by atoms with E-state index in [-0.39, 0.29) is 54.8 Å². The molecule has 0 spiro atoms. The number of carbonyl (C=O) groups excluding carboxylic acids is 2. The van der Waals surface area contributed by atoms with Crippen molar-refractivity contribution in [3.8, 4) is 23.0 Å². The predicted octanol–water partition coefficient (Wildman–Crippen LogP) is 8.01. The molecule has 1 aliphatic heterocycles. The van der Waals surface area contributed by atoms with E-state index in [4.69, 9.17) is 28.9 Å². The Morgan fingerprint density at radius 2 is 1.70 bits per heavy atom. The Labute approximate surface area is 370 Å². The topological polar surface area (TPSA) is 183 Å². The van der Waals surface area contributed by atoms with E-state index in [0.29, 0.717) is 65.5 Å². The van der Waals surface area contributed by atoms with Crippen LogP contribution in [0.4, 0.5) is 5.69 Å². The molecule has 0 saturated heterocycles. The minimum Gasteiger partial charge on any atom is -0.496 e. The van der Waals surface area contributed by atoms with E-state index < -0.39 is 33.4 Å². The van der Waals surface area contributed by atoms with Crippen molar-refractivity contribution in [2.45, 2.75) is 101 Å². The monoisotopic (exact) mass is 887 g/mol. The highest BCUT2D eigenvalue weighted by Gasteiger charge is 2.65. The summed E-state index contributed by atoms with van der Waals surface area (Å²) < 4.78 is 56.9. The van der Waals surface area contributed by atoms with Gasteiger partial charge in [0.15, 0.2) is 6.29 Å². The number of hydrogen-bond donors (Lipinski definition) is 3. The highest BCUT2D eigenvalue weighted by atomic mass is 32.2. The summed E-state index contributed by atoms with van der Waals surface area (Å²) in [4.78, 5) is 29.9. The number of anilines is 1. The molecule has 2 aliphatic carbocycles. The van der Waals surface area contributed by atoms with Crippen LogP contribution in [0.25, 0.3) is 0 Å². The number of sulfonamides is 1. The second-order valence-electron chi connectivity index (χ2n) is 17.3. The van der Waals surface area contributed by atoms with Crippen molar-refractivity contribution in [2.75, 3.05) is 39.3 Å². The van der Waals surface area contributed by atoms with Crippen molar-refractivity contribution < 1.29 is 52.0 Å². The first kappa shape index (κ1) is 47.4. The summed E-state index contributed by atoms with van der Waals surface area (Å²) in [5.41, 5.74) is 2.31. The van der Waals surface area contributed by atoms with Gasteiger partial charge in [-0.2, -0.15) is 4.31 Å². The summed E-state index contributed by atoms with van der Waals surface area (Å²) in [6.07, 6.45) is 8.77. The zero-order chi connectivity index (χ0) is 45.5. The molecule has 1 saturated carbocycles. The maximum Gasteiger partial charge on any atom is 0.243 e. The van der Waals surface area contributed by atoms with Crippen LogP contribution in [0.15, 0.2) is 95.0 Å². The number of oxime groups is 1. The van der Waals surface area contributed by atoms with Crippen LogP contribution in [0.3, 0.4) is 0 Å². The molecule has 3 aromatic carbocycles. The quantitative estimate of drug-likeness (QED) is 0.0433. The number of aliphatic hydroxyl groups excluding tert-OH is 2. The summed E-state index contributed by atoms with van der Waals surface area (Å²) in [7, 11) is -1.25. The Morgan fingerprint density at radius 3 is 2.33 bits per heavy atom. The van der Waals surface area contributed by atoms with Crippen molar-refractivity contribution in [3.05, 3.63) is 96.1 Å². The van der Waals surface area contributed by atoms with Gasteiger partial charge < -0.3 is 39.3 Å². The van der Waals surface area contributed by atoms with Gasteiger partial charge in [-0.15, -0.1) is 6.58 Å². The Balaban J connectivity index is 1.59. The number of aldehydes is 1. The molecule has 340 valence electrons. The predicted molar refractivity (Wildman–Crippen MR) is 240 cm³/mol. The smallest absolute Gasteiger partial charge is 0.243 e. The summed E-state index contributed by atoms with van der Waals surface area (Å²) >= 11 is 0. The van der Waals surface area contributed by atoms with Gasteiger partial charge in [-0.25, -0.2) is 8.42 Å². The maximum atomic E-state index is 14.8. The minimum absolute atomic E-state index is 0.00373. The molecule has 0 bridgehead atoms. The molecule has 6 unspecified atom stereocenters. The zero-order valence-corrected chi connectivity index (χ0v) is 37.9. The van der Waals surface area contributed by atoms with Gasteiger partial charge in [-0.1, -0.05) is 30.1 Å². The van der Waals surface area contributed by atoms with Crippen LogP contribution in [0, 0.1) is 17.8 Å². The molecule has 0 radical (unpaired) electrons.